The molecule has 5 heteroatoms. The lowest BCUT2D eigenvalue weighted by atomic mass is 10.5. The van der Waals surface area contributed by atoms with Gasteiger partial charge in [0, 0.05) is 6.54 Å². The number of epoxide rings is 1. The quantitative estimate of drug-likeness (QED) is 0.604. The SMILES string of the molecule is Cl.Cl.Cl.NCC1CO1. The molecule has 2 nitrogen and oxygen atoms in total. The van der Waals surface area contributed by atoms with E-state index in [1.54, 1.807) is 0 Å². The maximum absolute atomic E-state index is 5.11. The first-order valence-corrected chi connectivity index (χ1v) is 1.75. The van der Waals surface area contributed by atoms with Crippen LogP contribution in [0.1, 0.15) is 0 Å². The molecule has 0 radical (unpaired) electrons. The van der Waals surface area contributed by atoms with Crippen LogP contribution in [0.4, 0.5) is 0 Å². The molecular formula is C3H10Cl3NO. The normalized spacial score (nSPS) is 21.4. The van der Waals surface area contributed by atoms with E-state index in [4.69, 9.17) is 10.5 Å². The Morgan fingerprint density at radius 3 is 1.75 bits per heavy atom. The fourth-order valence-electron chi connectivity index (χ4n) is 0.204. The highest BCUT2D eigenvalue weighted by molar-refractivity contribution is 5.86. The zero-order chi connectivity index (χ0) is 3.70. The molecule has 1 saturated heterocycles. The number of rotatable bonds is 1. The fraction of sp³-hybridized carbons (Fsp3) is 1.00. The van der Waals surface area contributed by atoms with Crippen LogP contribution in [0.5, 0.6) is 0 Å². The Bertz CT molecular complexity index is 41.5. The predicted octanol–water partition coefficient (Wildman–Crippen LogP) is 0.609. The van der Waals surface area contributed by atoms with Gasteiger partial charge in [-0.25, -0.2) is 0 Å². The molecule has 1 fully saturated rings. The summed E-state index contributed by atoms with van der Waals surface area (Å²) in [6.45, 7) is 1.58. The monoisotopic (exact) mass is 181 g/mol. The van der Waals surface area contributed by atoms with Crippen molar-refractivity contribution in [2.75, 3.05) is 13.2 Å². The average molecular weight is 182 g/mol. The van der Waals surface area contributed by atoms with Crippen molar-refractivity contribution in [1.29, 1.82) is 0 Å². The highest BCUT2D eigenvalue weighted by Crippen LogP contribution is 2.03. The van der Waals surface area contributed by atoms with Crippen LogP contribution in [0.2, 0.25) is 0 Å². The van der Waals surface area contributed by atoms with Crippen LogP contribution in [-0.2, 0) is 4.74 Å². The van der Waals surface area contributed by atoms with Crippen molar-refractivity contribution < 1.29 is 4.74 Å². The van der Waals surface area contributed by atoms with Crippen molar-refractivity contribution in [2.24, 2.45) is 5.73 Å². The third-order valence-corrected chi connectivity index (χ3v) is 0.665. The summed E-state index contributed by atoms with van der Waals surface area (Å²) in [6, 6.07) is 0. The van der Waals surface area contributed by atoms with Crippen LogP contribution in [0, 0.1) is 0 Å². The van der Waals surface area contributed by atoms with E-state index < -0.39 is 0 Å². The van der Waals surface area contributed by atoms with Crippen molar-refractivity contribution >= 4 is 37.2 Å². The first-order valence-electron chi connectivity index (χ1n) is 1.75. The van der Waals surface area contributed by atoms with E-state index in [1.165, 1.54) is 0 Å². The van der Waals surface area contributed by atoms with Gasteiger partial charge in [0.2, 0.25) is 0 Å². The summed E-state index contributed by atoms with van der Waals surface area (Å²) >= 11 is 0. The van der Waals surface area contributed by atoms with E-state index in [1.807, 2.05) is 0 Å². The largest absolute Gasteiger partial charge is 0.372 e. The van der Waals surface area contributed by atoms with E-state index in [2.05, 4.69) is 0 Å². The van der Waals surface area contributed by atoms with Gasteiger partial charge in [0.15, 0.2) is 0 Å². The van der Waals surface area contributed by atoms with Crippen LogP contribution in [0.25, 0.3) is 0 Å². The molecule has 0 spiro atoms. The molecule has 0 aromatic rings. The average Bonchev–Trinajstić information content (AvgIpc) is 2.12. The van der Waals surface area contributed by atoms with Crippen LogP contribution in [0.3, 0.4) is 0 Å². The minimum atomic E-state index is 0. The van der Waals surface area contributed by atoms with E-state index in [-0.39, 0.29) is 37.2 Å². The van der Waals surface area contributed by atoms with Gasteiger partial charge in [-0.05, 0) is 0 Å². The molecule has 0 aromatic heterocycles. The van der Waals surface area contributed by atoms with E-state index >= 15 is 0 Å². The molecule has 0 aromatic carbocycles. The van der Waals surface area contributed by atoms with Crippen LogP contribution in [-0.4, -0.2) is 19.3 Å². The molecule has 0 bridgehead atoms. The number of nitrogens with two attached hydrogens (primary N) is 1. The Labute approximate surface area is 67.4 Å². The lowest BCUT2D eigenvalue weighted by Crippen LogP contribution is -2.05. The molecule has 1 rings (SSSR count). The van der Waals surface area contributed by atoms with Crippen molar-refractivity contribution in [2.45, 2.75) is 6.10 Å². The van der Waals surface area contributed by atoms with Gasteiger partial charge >= 0.3 is 0 Å². The molecule has 8 heavy (non-hydrogen) atoms. The van der Waals surface area contributed by atoms with Crippen LogP contribution in [0.15, 0.2) is 0 Å². The Hall–Kier alpha value is 0.790. The minimum absolute atomic E-state index is 0. The van der Waals surface area contributed by atoms with Crippen molar-refractivity contribution in [3.8, 4) is 0 Å². The predicted molar refractivity (Wildman–Crippen MR) is 40.5 cm³/mol. The van der Waals surface area contributed by atoms with Gasteiger partial charge < -0.3 is 10.5 Å². The van der Waals surface area contributed by atoms with Gasteiger partial charge in [-0.1, -0.05) is 0 Å². The standard InChI is InChI=1S/C3H7NO.3ClH/c4-1-3-2-5-3;;;/h3H,1-2,4H2;3*1H. The minimum Gasteiger partial charge on any atom is -0.372 e. The summed E-state index contributed by atoms with van der Waals surface area (Å²) in [5, 5.41) is 0. The molecule has 1 atom stereocenters. The zero-order valence-corrected chi connectivity index (χ0v) is 6.65. The lowest BCUT2D eigenvalue weighted by Gasteiger charge is -1.71. The van der Waals surface area contributed by atoms with Gasteiger partial charge in [0.1, 0.15) is 0 Å². The first kappa shape index (κ1) is 15.9. The van der Waals surface area contributed by atoms with Gasteiger partial charge in [-0.2, -0.15) is 0 Å². The van der Waals surface area contributed by atoms with Gasteiger partial charge in [-0.3, -0.25) is 0 Å². The Morgan fingerprint density at radius 1 is 1.38 bits per heavy atom. The summed E-state index contributed by atoms with van der Waals surface area (Å²) in [7, 11) is 0. The summed E-state index contributed by atoms with van der Waals surface area (Å²) in [5.41, 5.74) is 5.11. The second-order valence-electron chi connectivity index (χ2n) is 1.19. The third kappa shape index (κ3) is 6.79. The maximum Gasteiger partial charge on any atom is 0.0931 e. The molecule has 0 amide bonds. The molecule has 2 N–H and O–H groups in total. The van der Waals surface area contributed by atoms with Crippen molar-refractivity contribution in [1.82, 2.24) is 0 Å². The number of hydrogen-bond donors (Lipinski definition) is 1. The highest BCUT2D eigenvalue weighted by atomic mass is 35.5. The van der Waals surface area contributed by atoms with Crippen LogP contribution >= 0.6 is 37.2 Å². The van der Waals surface area contributed by atoms with E-state index in [9.17, 15) is 0 Å². The first-order chi connectivity index (χ1) is 2.43. The highest BCUT2D eigenvalue weighted by Gasteiger charge is 2.18. The van der Waals surface area contributed by atoms with Gasteiger partial charge in [-0.15, -0.1) is 37.2 Å². The zero-order valence-electron chi connectivity index (χ0n) is 4.20. The number of ether oxygens (including phenoxy) is 1. The molecule has 1 aliphatic rings. The van der Waals surface area contributed by atoms with Crippen molar-refractivity contribution in [3.63, 3.8) is 0 Å². The summed E-state index contributed by atoms with van der Waals surface area (Å²) in [6.07, 6.45) is 0.412. The molecular weight excluding hydrogens is 172 g/mol. The number of halogens is 3. The lowest BCUT2D eigenvalue weighted by molar-refractivity contribution is 0.412. The Morgan fingerprint density at radius 2 is 1.75 bits per heavy atom. The maximum atomic E-state index is 5.11. The molecule has 0 aliphatic carbocycles. The summed E-state index contributed by atoms with van der Waals surface area (Å²) in [4.78, 5) is 0. The molecule has 1 unspecified atom stereocenters. The smallest absolute Gasteiger partial charge is 0.0931 e. The Balaban J connectivity index is -0.0000000833. The van der Waals surface area contributed by atoms with Crippen LogP contribution < -0.4 is 5.73 Å². The second-order valence-corrected chi connectivity index (χ2v) is 1.19. The van der Waals surface area contributed by atoms with E-state index in [0.717, 1.165) is 6.61 Å². The third-order valence-electron chi connectivity index (χ3n) is 0.665. The fourth-order valence-corrected chi connectivity index (χ4v) is 0.204. The molecule has 54 valence electrons. The second kappa shape index (κ2) is 7.79. The molecule has 1 heterocycles. The molecule has 1 aliphatic heterocycles. The number of hydrogen-bond acceptors (Lipinski definition) is 2. The van der Waals surface area contributed by atoms with Gasteiger partial charge in [0.05, 0.1) is 12.7 Å². The van der Waals surface area contributed by atoms with E-state index in [0.29, 0.717) is 12.6 Å². The topological polar surface area (TPSA) is 38.5 Å². The molecule has 0 saturated carbocycles. The summed E-state index contributed by atoms with van der Waals surface area (Å²) < 4.78 is 4.73. The van der Waals surface area contributed by atoms with Gasteiger partial charge in [0.25, 0.3) is 0 Å². The summed E-state index contributed by atoms with van der Waals surface area (Å²) in [5.74, 6) is 0. The Kier molecular flexibility index (Phi) is 15.5. The van der Waals surface area contributed by atoms with Crippen molar-refractivity contribution in [3.05, 3.63) is 0 Å².